The Kier molecular flexibility index (Phi) is 3.77. The van der Waals surface area contributed by atoms with Crippen LogP contribution in [0.3, 0.4) is 0 Å². The summed E-state index contributed by atoms with van der Waals surface area (Å²) in [6.45, 7) is 1.42. The van der Waals surface area contributed by atoms with Gasteiger partial charge >= 0.3 is 5.97 Å². The standard InChI is InChI=1S/C12H15NO4S/c1-6(14)10-8(12(15)17-3)13-11(18-10)9(16-2)7-4-5-7/h7,9H,4-5H2,1-3H3. The largest absolute Gasteiger partial charge is 0.464 e. The summed E-state index contributed by atoms with van der Waals surface area (Å²) in [4.78, 5) is 27.7. The zero-order valence-corrected chi connectivity index (χ0v) is 11.4. The highest BCUT2D eigenvalue weighted by Gasteiger charge is 2.36. The van der Waals surface area contributed by atoms with Crippen LogP contribution in [-0.2, 0) is 9.47 Å². The van der Waals surface area contributed by atoms with E-state index in [-0.39, 0.29) is 17.6 Å². The second-order valence-corrected chi connectivity index (χ2v) is 5.30. The smallest absolute Gasteiger partial charge is 0.358 e. The lowest BCUT2D eigenvalue weighted by atomic mass is 10.2. The Morgan fingerprint density at radius 3 is 2.50 bits per heavy atom. The zero-order chi connectivity index (χ0) is 13.3. The van der Waals surface area contributed by atoms with Crippen molar-refractivity contribution >= 4 is 23.1 Å². The van der Waals surface area contributed by atoms with E-state index in [0.717, 1.165) is 12.8 Å². The quantitative estimate of drug-likeness (QED) is 0.605. The van der Waals surface area contributed by atoms with Crippen LogP contribution in [0.2, 0.25) is 0 Å². The van der Waals surface area contributed by atoms with Crippen LogP contribution in [0.15, 0.2) is 0 Å². The van der Waals surface area contributed by atoms with Gasteiger partial charge in [0.1, 0.15) is 16.0 Å². The maximum Gasteiger partial charge on any atom is 0.358 e. The minimum absolute atomic E-state index is 0.104. The Labute approximate surface area is 109 Å². The van der Waals surface area contributed by atoms with Crippen molar-refractivity contribution < 1.29 is 19.1 Å². The fourth-order valence-corrected chi connectivity index (χ4v) is 2.95. The van der Waals surface area contributed by atoms with Crippen molar-refractivity contribution in [3.05, 3.63) is 15.6 Å². The molecule has 0 spiro atoms. The van der Waals surface area contributed by atoms with E-state index in [2.05, 4.69) is 9.72 Å². The Balaban J connectivity index is 2.37. The van der Waals surface area contributed by atoms with E-state index in [1.165, 1.54) is 25.4 Å². The number of esters is 1. The molecule has 1 atom stereocenters. The van der Waals surface area contributed by atoms with Gasteiger partial charge in [0.25, 0.3) is 0 Å². The van der Waals surface area contributed by atoms with E-state index in [1.807, 2.05) is 0 Å². The molecule has 1 fully saturated rings. The SMILES string of the molecule is COC(=O)c1nc(C(OC)C2CC2)sc1C(C)=O. The Hall–Kier alpha value is -1.27. The molecule has 0 amide bonds. The van der Waals surface area contributed by atoms with E-state index in [1.54, 1.807) is 7.11 Å². The summed E-state index contributed by atoms with van der Waals surface area (Å²) in [7, 11) is 2.90. The molecule has 2 rings (SSSR count). The monoisotopic (exact) mass is 269 g/mol. The van der Waals surface area contributed by atoms with E-state index in [9.17, 15) is 9.59 Å². The Morgan fingerprint density at radius 1 is 1.39 bits per heavy atom. The third-order valence-electron chi connectivity index (χ3n) is 2.89. The van der Waals surface area contributed by atoms with Gasteiger partial charge in [-0.1, -0.05) is 0 Å². The molecule has 0 aliphatic heterocycles. The fraction of sp³-hybridized carbons (Fsp3) is 0.583. The molecule has 0 aromatic carbocycles. The highest BCUT2D eigenvalue weighted by atomic mass is 32.1. The molecule has 1 unspecified atom stereocenters. The number of Topliss-reactive ketones (excluding diaryl/α,β-unsaturated/α-hetero) is 1. The molecule has 0 bridgehead atoms. The maximum absolute atomic E-state index is 11.6. The second kappa shape index (κ2) is 5.16. The van der Waals surface area contributed by atoms with Crippen LogP contribution >= 0.6 is 11.3 Å². The first-order chi connectivity index (χ1) is 8.58. The van der Waals surface area contributed by atoms with Gasteiger partial charge in [0.2, 0.25) is 0 Å². The molecule has 1 saturated carbocycles. The van der Waals surface area contributed by atoms with Crippen LogP contribution in [0.4, 0.5) is 0 Å². The van der Waals surface area contributed by atoms with Crippen molar-refractivity contribution in [2.45, 2.75) is 25.9 Å². The molecule has 0 N–H and O–H groups in total. The van der Waals surface area contributed by atoms with Gasteiger partial charge < -0.3 is 9.47 Å². The number of ether oxygens (including phenoxy) is 2. The van der Waals surface area contributed by atoms with Crippen LogP contribution in [0.5, 0.6) is 0 Å². The predicted octanol–water partition coefficient (Wildman–Crippen LogP) is 2.23. The van der Waals surface area contributed by atoms with Crippen molar-refractivity contribution in [1.82, 2.24) is 4.98 Å². The van der Waals surface area contributed by atoms with Gasteiger partial charge in [-0.3, -0.25) is 4.79 Å². The Morgan fingerprint density at radius 2 is 2.06 bits per heavy atom. The normalized spacial score (nSPS) is 16.4. The van der Waals surface area contributed by atoms with Crippen molar-refractivity contribution in [3.63, 3.8) is 0 Å². The molecular weight excluding hydrogens is 254 g/mol. The number of hydrogen-bond donors (Lipinski definition) is 0. The van der Waals surface area contributed by atoms with Crippen LogP contribution in [-0.4, -0.2) is 31.0 Å². The maximum atomic E-state index is 11.6. The first-order valence-corrected chi connectivity index (χ1v) is 6.53. The van der Waals surface area contributed by atoms with Gasteiger partial charge in [-0.05, 0) is 18.8 Å². The lowest BCUT2D eigenvalue weighted by molar-refractivity contribution is 0.0588. The molecule has 1 aliphatic rings. The summed E-state index contributed by atoms with van der Waals surface area (Å²) >= 11 is 1.23. The number of carbonyl (C=O) groups excluding carboxylic acids is 2. The van der Waals surface area contributed by atoms with Gasteiger partial charge in [-0.25, -0.2) is 9.78 Å². The summed E-state index contributed by atoms with van der Waals surface area (Å²) in [5.41, 5.74) is 0.104. The summed E-state index contributed by atoms with van der Waals surface area (Å²) in [5.74, 6) is -0.301. The molecule has 1 heterocycles. The molecular formula is C12H15NO4S. The fourth-order valence-electron chi connectivity index (χ4n) is 1.83. The van der Waals surface area contributed by atoms with Gasteiger partial charge in [0.05, 0.1) is 7.11 Å². The molecule has 98 valence electrons. The first kappa shape index (κ1) is 13.2. The van der Waals surface area contributed by atoms with Gasteiger partial charge in [0, 0.05) is 14.0 Å². The highest BCUT2D eigenvalue weighted by molar-refractivity contribution is 7.14. The molecule has 1 aromatic heterocycles. The molecule has 5 nitrogen and oxygen atoms in total. The van der Waals surface area contributed by atoms with E-state index in [0.29, 0.717) is 15.8 Å². The summed E-state index contributed by atoms with van der Waals surface area (Å²) < 4.78 is 10.0. The Bertz CT molecular complexity index is 478. The topological polar surface area (TPSA) is 65.5 Å². The predicted molar refractivity (Wildman–Crippen MR) is 65.9 cm³/mol. The molecule has 6 heteroatoms. The number of methoxy groups -OCH3 is 2. The van der Waals surface area contributed by atoms with Gasteiger partial charge in [0.15, 0.2) is 11.5 Å². The van der Waals surface area contributed by atoms with Crippen molar-refractivity contribution in [1.29, 1.82) is 0 Å². The number of hydrogen-bond acceptors (Lipinski definition) is 6. The molecule has 18 heavy (non-hydrogen) atoms. The first-order valence-electron chi connectivity index (χ1n) is 5.71. The number of nitrogens with zero attached hydrogens (tertiary/aromatic N) is 1. The summed E-state index contributed by atoms with van der Waals surface area (Å²) in [6.07, 6.45) is 2.08. The second-order valence-electron chi connectivity index (χ2n) is 4.27. The minimum atomic E-state index is -0.576. The summed E-state index contributed by atoms with van der Waals surface area (Å²) in [5, 5.41) is 0.686. The van der Waals surface area contributed by atoms with Crippen molar-refractivity contribution in [3.8, 4) is 0 Å². The number of aromatic nitrogens is 1. The molecule has 1 aromatic rings. The third kappa shape index (κ3) is 2.44. The van der Waals surface area contributed by atoms with Gasteiger partial charge in [-0.15, -0.1) is 11.3 Å². The number of carbonyl (C=O) groups is 2. The average Bonchev–Trinajstić information content (AvgIpc) is 3.07. The van der Waals surface area contributed by atoms with E-state index >= 15 is 0 Å². The van der Waals surface area contributed by atoms with E-state index < -0.39 is 5.97 Å². The third-order valence-corrected chi connectivity index (χ3v) is 4.11. The van der Waals surface area contributed by atoms with E-state index in [4.69, 9.17) is 4.74 Å². The van der Waals surface area contributed by atoms with Crippen molar-refractivity contribution in [2.75, 3.05) is 14.2 Å². The van der Waals surface area contributed by atoms with Crippen LogP contribution in [0, 0.1) is 5.92 Å². The number of thiazole rings is 1. The molecule has 0 saturated heterocycles. The van der Waals surface area contributed by atoms with Gasteiger partial charge in [-0.2, -0.15) is 0 Å². The zero-order valence-electron chi connectivity index (χ0n) is 10.6. The molecule has 0 radical (unpaired) electrons. The lowest BCUT2D eigenvalue weighted by Gasteiger charge is -2.10. The van der Waals surface area contributed by atoms with Crippen molar-refractivity contribution in [2.24, 2.45) is 5.92 Å². The number of ketones is 1. The van der Waals surface area contributed by atoms with Crippen LogP contribution in [0.25, 0.3) is 0 Å². The van der Waals surface area contributed by atoms with Crippen LogP contribution < -0.4 is 0 Å². The minimum Gasteiger partial charge on any atom is -0.464 e. The lowest BCUT2D eigenvalue weighted by Crippen LogP contribution is -2.08. The summed E-state index contributed by atoms with van der Waals surface area (Å²) in [6, 6.07) is 0. The van der Waals surface area contributed by atoms with Crippen LogP contribution in [0.1, 0.15) is 51.0 Å². The average molecular weight is 269 g/mol. The molecule has 1 aliphatic carbocycles. The highest BCUT2D eigenvalue weighted by Crippen LogP contribution is 2.44. The number of rotatable bonds is 5.